The summed E-state index contributed by atoms with van der Waals surface area (Å²) in [7, 11) is 0. The van der Waals surface area contributed by atoms with Gasteiger partial charge in [-0.1, -0.05) is 38.1 Å². The lowest BCUT2D eigenvalue weighted by Crippen LogP contribution is -2.46. The van der Waals surface area contributed by atoms with Gasteiger partial charge in [0.05, 0.1) is 0 Å². The van der Waals surface area contributed by atoms with Crippen LogP contribution in [0.25, 0.3) is 0 Å². The van der Waals surface area contributed by atoms with Gasteiger partial charge in [0, 0.05) is 22.0 Å². The fourth-order valence-electron chi connectivity index (χ4n) is 4.51. The van der Waals surface area contributed by atoms with Crippen molar-refractivity contribution >= 4 is 0 Å². The molecule has 2 aromatic rings. The third-order valence-electron chi connectivity index (χ3n) is 5.74. The summed E-state index contributed by atoms with van der Waals surface area (Å²) < 4.78 is 0. The van der Waals surface area contributed by atoms with Crippen LogP contribution in [-0.4, -0.2) is 20.4 Å². The van der Waals surface area contributed by atoms with Gasteiger partial charge < -0.3 is 20.4 Å². The van der Waals surface area contributed by atoms with Crippen molar-refractivity contribution < 1.29 is 20.4 Å². The van der Waals surface area contributed by atoms with E-state index < -0.39 is 22.3 Å². The van der Waals surface area contributed by atoms with Crippen molar-refractivity contribution in [3.63, 3.8) is 0 Å². The number of hydrogen-bond acceptors (Lipinski definition) is 4. The van der Waals surface area contributed by atoms with Crippen molar-refractivity contribution in [2.24, 2.45) is 0 Å². The van der Waals surface area contributed by atoms with Crippen LogP contribution >= 0.6 is 0 Å². The first-order valence-electron chi connectivity index (χ1n) is 7.43. The summed E-state index contributed by atoms with van der Waals surface area (Å²) in [6.45, 7) is 4.03. The number of hydrogen-bond donors (Lipinski definition) is 4. The summed E-state index contributed by atoms with van der Waals surface area (Å²) >= 11 is 0. The van der Waals surface area contributed by atoms with E-state index in [1.807, 2.05) is 38.1 Å². The van der Waals surface area contributed by atoms with Crippen LogP contribution in [0.5, 0.6) is 23.0 Å². The zero-order valence-electron chi connectivity index (χ0n) is 12.5. The van der Waals surface area contributed by atoms with Crippen molar-refractivity contribution in [2.45, 2.75) is 37.5 Å². The van der Waals surface area contributed by atoms with Gasteiger partial charge in [0.15, 0.2) is 11.5 Å². The first-order valence-corrected chi connectivity index (χ1v) is 7.43. The number of benzene rings is 2. The first-order chi connectivity index (χ1) is 10.3. The van der Waals surface area contributed by atoms with E-state index in [1.165, 1.54) is 0 Å². The minimum absolute atomic E-state index is 0.326. The van der Waals surface area contributed by atoms with E-state index in [0.717, 1.165) is 24.0 Å². The Bertz CT molecular complexity index is 758. The number of phenols is 4. The van der Waals surface area contributed by atoms with E-state index in [0.29, 0.717) is 11.1 Å². The van der Waals surface area contributed by atoms with Crippen molar-refractivity contribution in [1.82, 2.24) is 0 Å². The van der Waals surface area contributed by atoms with Gasteiger partial charge in [-0.2, -0.15) is 0 Å². The van der Waals surface area contributed by atoms with Crippen LogP contribution in [0.15, 0.2) is 24.3 Å². The lowest BCUT2D eigenvalue weighted by atomic mass is 9.50. The van der Waals surface area contributed by atoms with E-state index in [1.54, 1.807) is 0 Å². The van der Waals surface area contributed by atoms with Crippen molar-refractivity contribution in [3.05, 3.63) is 46.5 Å². The quantitative estimate of drug-likeness (QED) is 0.444. The molecule has 0 aromatic heterocycles. The van der Waals surface area contributed by atoms with Gasteiger partial charge in [-0.05, 0) is 24.0 Å². The van der Waals surface area contributed by atoms with E-state index in [2.05, 4.69) is 0 Å². The Balaban J connectivity index is 2.22. The molecule has 0 fully saturated rings. The van der Waals surface area contributed by atoms with Gasteiger partial charge in [-0.3, -0.25) is 0 Å². The maximum absolute atomic E-state index is 10.5. The Morgan fingerprint density at radius 2 is 1.05 bits per heavy atom. The maximum Gasteiger partial charge on any atom is 0.204 e. The van der Waals surface area contributed by atoms with Gasteiger partial charge in [-0.25, -0.2) is 0 Å². The molecule has 3 aliphatic carbocycles. The normalized spacial score (nSPS) is 28.3. The fourth-order valence-corrected chi connectivity index (χ4v) is 4.51. The SMILES string of the molecule is CC12CCC(C)(c3ccccc31)c1c(O)c(O)c(O)c(O)c12. The molecule has 0 radical (unpaired) electrons. The third kappa shape index (κ3) is 1.21. The Morgan fingerprint density at radius 1 is 0.682 bits per heavy atom. The summed E-state index contributed by atoms with van der Waals surface area (Å²) in [5.74, 6) is -1.95. The highest BCUT2D eigenvalue weighted by atomic mass is 16.3. The minimum atomic E-state index is -0.647. The number of rotatable bonds is 0. The van der Waals surface area contributed by atoms with Crippen LogP contribution < -0.4 is 0 Å². The second-order valence-corrected chi connectivity index (χ2v) is 6.85. The molecule has 114 valence electrons. The molecule has 0 heterocycles. The second-order valence-electron chi connectivity index (χ2n) is 6.85. The Labute approximate surface area is 128 Å². The van der Waals surface area contributed by atoms with Crippen LogP contribution in [0.4, 0.5) is 0 Å². The number of fused-ring (bicyclic) bond motifs is 1. The van der Waals surface area contributed by atoms with Crippen LogP contribution in [0.1, 0.15) is 48.9 Å². The summed E-state index contributed by atoms with van der Waals surface area (Å²) in [6, 6.07) is 8.00. The molecule has 5 rings (SSSR count). The summed E-state index contributed by atoms with van der Waals surface area (Å²) in [4.78, 5) is 0. The Morgan fingerprint density at radius 3 is 1.41 bits per heavy atom. The molecule has 3 aliphatic rings. The summed E-state index contributed by atoms with van der Waals surface area (Å²) in [5.41, 5.74) is 2.31. The number of phenolic OH excluding ortho intramolecular Hbond substituents is 4. The van der Waals surface area contributed by atoms with Crippen LogP contribution in [0.3, 0.4) is 0 Å². The Hall–Kier alpha value is -2.36. The van der Waals surface area contributed by atoms with Gasteiger partial charge in [0.1, 0.15) is 0 Å². The van der Waals surface area contributed by atoms with Gasteiger partial charge in [-0.15, -0.1) is 0 Å². The summed E-state index contributed by atoms with van der Waals surface area (Å²) in [5, 5.41) is 40.8. The molecular formula is C18H18O4. The lowest BCUT2D eigenvalue weighted by molar-refractivity contribution is 0.280. The molecule has 4 heteroatoms. The van der Waals surface area contributed by atoms with Gasteiger partial charge in [0.25, 0.3) is 0 Å². The second kappa shape index (κ2) is 3.69. The number of aromatic hydroxyl groups is 4. The maximum atomic E-state index is 10.5. The average molecular weight is 298 g/mol. The molecule has 2 bridgehead atoms. The highest BCUT2D eigenvalue weighted by Gasteiger charge is 2.55. The molecule has 2 atom stereocenters. The van der Waals surface area contributed by atoms with Crippen LogP contribution in [-0.2, 0) is 10.8 Å². The topological polar surface area (TPSA) is 80.9 Å². The van der Waals surface area contributed by atoms with Crippen LogP contribution in [0, 0.1) is 0 Å². The first kappa shape index (κ1) is 13.3. The van der Waals surface area contributed by atoms with E-state index in [4.69, 9.17) is 0 Å². The Kier molecular flexibility index (Phi) is 2.23. The van der Waals surface area contributed by atoms with E-state index in [-0.39, 0.29) is 11.5 Å². The molecular weight excluding hydrogens is 280 g/mol. The molecule has 22 heavy (non-hydrogen) atoms. The van der Waals surface area contributed by atoms with Crippen molar-refractivity contribution in [1.29, 1.82) is 0 Å². The van der Waals surface area contributed by atoms with Crippen molar-refractivity contribution in [2.75, 3.05) is 0 Å². The largest absolute Gasteiger partial charge is 0.504 e. The highest BCUT2D eigenvalue weighted by molar-refractivity contribution is 5.75. The van der Waals surface area contributed by atoms with Gasteiger partial charge >= 0.3 is 0 Å². The zero-order chi connectivity index (χ0) is 15.9. The lowest BCUT2D eigenvalue weighted by Gasteiger charge is -2.53. The minimum Gasteiger partial charge on any atom is -0.504 e. The van der Waals surface area contributed by atoms with Crippen molar-refractivity contribution in [3.8, 4) is 23.0 Å². The molecule has 4 N–H and O–H groups in total. The predicted molar refractivity (Wildman–Crippen MR) is 81.7 cm³/mol. The molecule has 0 saturated carbocycles. The monoisotopic (exact) mass is 298 g/mol. The third-order valence-corrected chi connectivity index (χ3v) is 5.74. The standard InChI is InChI=1S/C18H18O4/c1-17-7-8-18(2,10-6-4-3-5-9(10)17)12-11(17)13(19)15(21)16(22)14(12)20/h3-6,19-22H,7-8H2,1-2H3. The molecule has 0 aliphatic heterocycles. The molecule has 2 aromatic carbocycles. The van der Waals surface area contributed by atoms with E-state index >= 15 is 0 Å². The molecule has 4 nitrogen and oxygen atoms in total. The van der Waals surface area contributed by atoms with Gasteiger partial charge in [0.2, 0.25) is 11.5 Å². The van der Waals surface area contributed by atoms with Crippen LogP contribution in [0.2, 0.25) is 0 Å². The average Bonchev–Trinajstić information content (AvgIpc) is 2.52. The summed E-state index contributed by atoms with van der Waals surface area (Å²) in [6.07, 6.45) is 1.62. The highest BCUT2D eigenvalue weighted by Crippen LogP contribution is 2.66. The zero-order valence-corrected chi connectivity index (χ0v) is 12.5. The molecule has 2 unspecified atom stereocenters. The van der Waals surface area contributed by atoms with E-state index in [9.17, 15) is 20.4 Å². The molecule has 0 saturated heterocycles. The molecule has 0 spiro atoms. The molecule has 0 amide bonds. The smallest absolute Gasteiger partial charge is 0.204 e. The fraction of sp³-hybridized carbons (Fsp3) is 0.333. The predicted octanol–water partition coefficient (Wildman–Crippen LogP) is 3.23.